The zero-order valence-electron chi connectivity index (χ0n) is 17.1. The molecule has 1 aliphatic heterocycles. The Morgan fingerprint density at radius 1 is 1.11 bits per heavy atom. The minimum absolute atomic E-state index is 0.241. The predicted molar refractivity (Wildman–Crippen MR) is 116 cm³/mol. The lowest BCUT2D eigenvalue weighted by Gasteiger charge is -2.40. The van der Waals surface area contributed by atoms with Crippen LogP contribution in [-0.4, -0.2) is 40.6 Å². The first-order valence-electron chi connectivity index (χ1n) is 9.93. The Morgan fingerprint density at radius 3 is 2.54 bits per heavy atom. The molecule has 1 saturated heterocycles. The molecular formula is C23H28ClN3O. The maximum Gasteiger partial charge on any atom is 0.138 e. The molecule has 4 nitrogen and oxygen atoms in total. The molecule has 28 heavy (non-hydrogen) atoms. The Morgan fingerprint density at radius 2 is 1.86 bits per heavy atom. The molecule has 1 fully saturated rings. The van der Waals surface area contributed by atoms with Crippen LogP contribution in [0.15, 0.2) is 36.5 Å². The van der Waals surface area contributed by atoms with Crippen LogP contribution < -0.4 is 4.74 Å². The van der Waals surface area contributed by atoms with Gasteiger partial charge in [-0.2, -0.15) is 0 Å². The lowest BCUT2D eigenvalue weighted by Crippen LogP contribution is -2.45. The highest BCUT2D eigenvalue weighted by Gasteiger charge is 2.28. The molecule has 0 atom stereocenters. The summed E-state index contributed by atoms with van der Waals surface area (Å²) in [4.78, 5) is 10.7. The maximum absolute atomic E-state index is 6.15. The number of nitrogens with zero attached hydrogens (tertiary/aromatic N) is 2. The van der Waals surface area contributed by atoms with Crippen molar-refractivity contribution in [3.05, 3.63) is 47.2 Å². The van der Waals surface area contributed by atoms with Gasteiger partial charge in [-0.1, -0.05) is 11.6 Å². The van der Waals surface area contributed by atoms with Crippen LogP contribution in [0.5, 0.6) is 5.75 Å². The van der Waals surface area contributed by atoms with E-state index in [2.05, 4.69) is 41.7 Å². The summed E-state index contributed by atoms with van der Waals surface area (Å²) in [5.74, 6) is 1.33. The number of piperidine rings is 1. The smallest absolute Gasteiger partial charge is 0.138 e. The Balaban J connectivity index is 1.67. The van der Waals surface area contributed by atoms with Crippen molar-refractivity contribution in [2.24, 2.45) is 0 Å². The summed E-state index contributed by atoms with van der Waals surface area (Å²) >= 11 is 6.15. The molecule has 0 aliphatic carbocycles. The van der Waals surface area contributed by atoms with Crippen molar-refractivity contribution in [2.75, 3.05) is 20.2 Å². The van der Waals surface area contributed by atoms with Crippen LogP contribution >= 0.6 is 11.6 Å². The van der Waals surface area contributed by atoms with E-state index in [9.17, 15) is 0 Å². The third-order valence-corrected chi connectivity index (χ3v) is 6.13. The van der Waals surface area contributed by atoms with Gasteiger partial charge in [0, 0.05) is 39.3 Å². The molecule has 2 aromatic heterocycles. The van der Waals surface area contributed by atoms with Crippen molar-refractivity contribution in [1.29, 1.82) is 0 Å². The molecule has 0 radical (unpaired) electrons. The number of methoxy groups -OCH3 is 1. The van der Waals surface area contributed by atoms with Gasteiger partial charge in [0.15, 0.2) is 0 Å². The SMILES string of the molecule is COc1cc(Cl)ccc1-c1ccnc2[nH]c(C3CCN(C(C)(C)C)CC3)cc12. The van der Waals surface area contributed by atoms with E-state index in [1.807, 2.05) is 30.5 Å². The third kappa shape index (κ3) is 3.63. The minimum Gasteiger partial charge on any atom is -0.496 e. The van der Waals surface area contributed by atoms with Crippen molar-refractivity contribution in [3.8, 4) is 16.9 Å². The van der Waals surface area contributed by atoms with Gasteiger partial charge in [0.05, 0.1) is 7.11 Å². The van der Waals surface area contributed by atoms with Gasteiger partial charge in [0.2, 0.25) is 0 Å². The summed E-state index contributed by atoms with van der Waals surface area (Å²) in [7, 11) is 1.68. The Labute approximate surface area is 171 Å². The van der Waals surface area contributed by atoms with Crippen molar-refractivity contribution in [2.45, 2.75) is 45.1 Å². The summed E-state index contributed by atoms with van der Waals surface area (Å²) in [6.07, 6.45) is 4.20. The highest BCUT2D eigenvalue weighted by molar-refractivity contribution is 6.30. The Kier molecular flexibility index (Phi) is 5.11. The minimum atomic E-state index is 0.241. The highest BCUT2D eigenvalue weighted by Crippen LogP contribution is 2.38. The topological polar surface area (TPSA) is 41.1 Å². The van der Waals surface area contributed by atoms with Crippen molar-refractivity contribution in [1.82, 2.24) is 14.9 Å². The summed E-state index contributed by atoms with van der Waals surface area (Å²) in [5, 5.41) is 1.81. The number of nitrogens with one attached hydrogen (secondary N) is 1. The molecule has 148 valence electrons. The van der Waals surface area contributed by atoms with E-state index in [-0.39, 0.29) is 5.54 Å². The fourth-order valence-electron chi connectivity index (χ4n) is 4.25. The zero-order valence-corrected chi connectivity index (χ0v) is 17.8. The molecule has 0 bridgehead atoms. The molecule has 3 heterocycles. The lowest BCUT2D eigenvalue weighted by molar-refractivity contribution is 0.102. The third-order valence-electron chi connectivity index (χ3n) is 5.89. The number of rotatable bonds is 3. The normalized spacial score (nSPS) is 16.6. The molecule has 1 aliphatic rings. The van der Waals surface area contributed by atoms with E-state index in [0.29, 0.717) is 10.9 Å². The van der Waals surface area contributed by atoms with E-state index >= 15 is 0 Å². The van der Waals surface area contributed by atoms with Gasteiger partial charge in [-0.15, -0.1) is 0 Å². The van der Waals surface area contributed by atoms with Gasteiger partial charge in [-0.25, -0.2) is 4.98 Å². The van der Waals surface area contributed by atoms with Gasteiger partial charge in [-0.05, 0) is 82.6 Å². The van der Waals surface area contributed by atoms with Gasteiger partial charge < -0.3 is 9.72 Å². The van der Waals surface area contributed by atoms with Crippen LogP contribution in [-0.2, 0) is 0 Å². The molecule has 0 amide bonds. The fourth-order valence-corrected chi connectivity index (χ4v) is 4.41. The second kappa shape index (κ2) is 7.41. The first-order chi connectivity index (χ1) is 13.4. The largest absolute Gasteiger partial charge is 0.496 e. The Hall–Kier alpha value is -2.04. The van der Waals surface area contributed by atoms with Crippen LogP contribution in [0.3, 0.4) is 0 Å². The van der Waals surface area contributed by atoms with E-state index in [4.69, 9.17) is 16.3 Å². The second-order valence-electron chi connectivity index (χ2n) is 8.62. The first kappa shape index (κ1) is 19.3. The number of ether oxygens (including phenoxy) is 1. The summed E-state index contributed by atoms with van der Waals surface area (Å²) in [5.41, 5.74) is 4.62. The maximum atomic E-state index is 6.15. The second-order valence-corrected chi connectivity index (χ2v) is 9.06. The number of hydrogen-bond donors (Lipinski definition) is 1. The number of aromatic nitrogens is 2. The molecule has 1 N–H and O–H groups in total. The monoisotopic (exact) mass is 397 g/mol. The molecule has 3 aromatic rings. The molecule has 0 unspecified atom stereocenters. The van der Waals surface area contributed by atoms with Crippen molar-refractivity contribution in [3.63, 3.8) is 0 Å². The molecular weight excluding hydrogens is 370 g/mol. The number of likely N-dealkylation sites (tertiary alicyclic amines) is 1. The van der Waals surface area contributed by atoms with Gasteiger partial charge in [0.1, 0.15) is 11.4 Å². The Bertz CT molecular complexity index is 981. The number of pyridine rings is 1. The average Bonchev–Trinajstić information content (AvgIpc) is 3.12. The average molecular weight is 398 g/mol. The molecule has 5 heteroatoms. The summed E-state index contributed by atoms with van der Waals surface area (Å²) < 4.78 is 5.58. The van der Waals surface area contributed by atoms with E-state index in [1.54, 1.807) is 7.11 Å². The number of halogens is 1. The number of H-pyrrole nitrogens is 1. The molecule has 0 spiro atoms. The number of hydrogen-bond acceptors (Lipinski definition) is 3. The summed E-state index contributed by atoms with van der Waals surface area (Å²) in [6.45, 7) is 9.16. The van der Waals surface area contributed by atoms with Crippen LogP contribution in [0, 0.1) is 0 Å². The molecule has 4 rings (SSSR count). The van der Waals surface area contributed by atoms with Crippen LogP contribution in [0.2, 0.25) is 5.02 Å². The standard InChI is InChI=1S/C23H28ClN3O/c1-23(2,3)27-11-8-15(9-12-27)20-14-19-17(7-10-25-22(19)26-20)18-6-5-16(24)13-21(18)28-4/h5-7,10,13-15H,8-9,11-12H2,1-4H3,(H,25,26). The van der Waals surface area contributed by atoms with Crippen molar-refractivity contribution < 1.29 is 4.74 Å². The summed E-state index contributed by atoms with van der Waals surface area (Å²) in [6, 6.07) is 10.1. The number of fused-ring (bicyclic) bond motifs is 1. The van der Waals surface area contributed by atoms with Crippen molar-refractivity contribution >= 4 is 22.6 Å². The van der Waals surface area contributed by atoms with Gasteiger partial charge in [0.25, 0.3) is 0 Å². The van der Waals surface area contributed by atoms with E-state index in [0.717, 1.165) is 41.0 Å². The number of benzene rings is 1. The number of aromatic amines is 1. The van der Waals surface area contributed by atoms with Crippen LogP contribution in [0.4, 0.5) is 0 Å². The quantitative estimate of drug-likeness (QED) is 0.600. The highest BCUT2D eigenvalue weighted by atomic mass is 35.5. The predicted octanol–water partition coefficient (Wildman–Crippen LogP) is 5.87. The first-order valence-corrected chi connectivity index (χ1v) is 10.3. The molecule has 0 saturated carbocycles. The molecule has 1 aromatic carbocycles. The lowest BCUT2D eigenvalue weighted by atomic mass is 9.90. The fraction of sp³-hybridized carbons (Fsp3) is 0.435. The van der Waals surface area contributed by atoms with Gasteiger partial charge >= 0.3 is 0 Å². The van der Waals surface area contributed by atoms with E-state index < -0.39 is 0 Å². The van der Waals surface area contributed by atoms with Crippen LogP contribution in [0.1, 0.15) is 45.2 Å². The van der Waals surface area contributed by atoms with Gasteiger partial charge in [-0.3, -0.25) is 4.90 Å². The zero-order chi connectivity index (χ0) is 19.9. The van der Waals surface area contributed by atoms with E-state index in [1.165, 1.54) is 18.5 Å². The van der Waals surface area contributed by atoms with Crippen LogP contribution in [0.25, 0.3) is 22.2 Å².